The molecule has 0 saturated carbocycles. The van der Waals surface area contributed by atoms with Gasteiger partial charge in [0.2, 0.25) is 15.9 Å². The lowest BCUT2D eigenvalue weighted by molar-refractivity contribution is -0.116. The highest BCUT2D eigenvalue weighted by Crippen LogP contribution is 2.33. The van der Waals surface area contributed by atoms with Crippen LogP contribution in [0.25, 0.3) is 0 Å². The summed E-state index contributed by atoms with van der Waals surface area (Å²) >= 11 is 6.27. The number of rotatable bonds is 7. The monoisotopic (exact) mass is 472 g/mol. The summed E-state index contributed by atoms with van der Waals surface area (Å²) in [6, 6.07) is 20.2. The number of anilines is 1. The lowest BCUT2D eigenvalue weighted by Crippen LogP contribution is -2.37. The quantitative estimate of drug-likeness (QED) is 0.563. The molecule has 0 bridgehead atoms. The summed E-state index contributed by atoms with van der Waals surface area (Å²) in [5.74, 6) is 0.364. The van der Waals surface area contributed by atoms with Gasteiger partial charge in [-0.15, -0.1) is 0 Å². The smallest absolute Gasteiger partial charge is 0.243 e. The third kappa shape index (κ3) is 5.04. The Bertz CT molecular complexity index is 1220. The Morgan fingerprint density at radius 2 is 1.62 bits per heavy atom. The highest BCUT2D eigenvalue weighted by molar-refractivity contribution is 7.89. The molecular weight excluding hydrogens is 452 g/mol. The molecule has 1 heterocycles. The first-order chi connectivity index (χ1) is 15.4. The topological polar surface area (TPSA) is 84.9 Å². The first-order valence-electron chi connectivity index (χ1n) is 9.91. The van der Waals surface area contributed by atoms with E-state index < -0.39 is 22.5 Å². The molecule has 0 spiro atoms. The Hall–Kier alpha value is -3.07. The van der Waals surface area contributed by atoms with Crippen LogP contribution in [0, 0.1) is 0 Å². The van der Waals surface area contributed by atoms with Gasteiger partial charge in [-0.2, -0.15) is 4.31 Å². The number of carbonyl (C=O) groups excluding carboxylic acids is 1. The van der Waals surface area contributed by atoms with Crippen molar-refractivity contribution in [2.45, 2.75) is 11.4 Å². The summed E-state index contributed by atoms with van der Waals surface area (Å²) in [5, 5.41) is 3.14. The van der Waals surface area contributed by atoms with Crippen molar-refractivity contribution >= 4 is 33.2 Å². The van der Waals surface area contributed by atoms with Crippen molar-refractivity contribution in [2.75, 3.05) is 25.1 Å². The lowest BCUT2D eigenvalue weighted by atomic mass is 10.2. The second-order valence-corrected chi connectivity index (χ2v) is 9.43. The number of ether oxygens (including phenoxy) is 2. The number of amides is 1. The van der Waals surface area contributed by atoms with Crippen molar-refractivity contribution in [3.63, 3.8) is 0 Å². The lowest BCUT2D eigenvalue weighted by Gasteiger charge is -2.24. The number of para-hydroxylation sites is 1. The van der Waals surface area contributed by atoms with Gasteiger partial charge in [0.15, 0.2) is 11.5 Å². The molecule has 166 valence electrons. The van der Waals surface area contributed by atoms with Crippen LogP contribution < -0.4 is 14.8 Å². The van der Waals surface area contributed by atoms with Crippen molar-refractivity contribution in [1.82, 2.24) is 4.31 Å². The van der Waals surface area contributed by atoms with Gasteiger partial charge in [-0.05, 0) is 35.9 Å². The Morgan fingerprint density at radius 3 is 2.38 bits per heavy atom. The third-order valence-corrected chi connectivity index (χ3v) is 6.99. The molecule has 0 atom stereocenters. The second kappa shape index (κ2) is 9.60. The molecule has 1 N–H and O–H groups in total. The number of carbonyl (C=O) groups is 1. The standard InChI is InChI=1S/C23H21ClN2O5S/c24-20-9-5-4-6-17(20)15-26(16-23(27)25-18-7-2-1-3-8-18)32(28,29)19-10-11-21-22(14-19)31-13-12-30-21/h1-11,14H,12-13,15-16H2,(H,25,27). The molecule has 1 amide bonds. The molecule has 0 radical (unpaired) electrons. The Kier molecular flexibility index (Phi) is 6.64. The van der Waals surface area contributed by atoms with Crippen molar-refractivity contribution in [3.05, 3.63) is 83.4 Å². The maximum absolute atomic E-state index is 13.5. The molecule has 7 nitrogen and oxygen atoms in total. The van der Waals surface area contributed by atoms with E-state index in [2.05, 4.69) is 5.32 Å². The van der Waals surface area contributed by atoms with Gasteiger partial charge in [0.05, 0.1) is 11.4 Å². The number of fused-ring (bicyclic) bond motifs is 1. The Balaban J connectivity index is 1.64. The predicted octanol–water partition coefficient (Wildman–Crippen LogP) is 3.94. The fourth-order valence-electron chi connectivity index (χ4n) is 3.26. The van der Waals surface area contributed by atoms with Crippen LogP contribution in [0.3, 0.4) is 0 Å². The largest absolute Gasteiger partial charge is 0.486 e. The number of halogens is 1. The predicted molar refractivity (Wildman–Crippen MR) is 122 cm³/mol. The van der Waals surface area contributed by atoms with Gasteiger partial charge >= 0.3 is 0 Å². The van der Waals surface area contributed by atoms with E-state index in [0.29, 0.717) is 41.0 Å². The van der Waals surface area contributed by atoms with Gasteiger partial charge in [-0.3, -0.25) is 4.79 Å². The summed E-state index contributed by atoms with van der Waals surface area (Å²) < 4.78 is 39.2. The minimum atomic E-state index is -4.06. The van der Waals surface area contributed by atoms with Crippen LogP contribution in [-0.4, -0.2) is 38.4 Å². The van der Waals surface area contributed by atoms with E-state index in [1.165, 1.54) is 12.1 Å². The zero-order valence-electron chi connectivity index (χ0n) is 17.0. The molecule has 0 saturated heterocycles. The van der Waals surface area contributed by atoms with E-state index in [0.717, 1.165) is 4.31 Å². The summed E-state index contributed by atoms with van der Waals surface area (Å²) in [6.07, 6.45) is 0. The molecule has 0 fully saturated rings. The Morgan fingerprint density at radius 1 is 0.938 bits per heavy atom. The molecule has 0 unspecified atom stereocenters. The maximum atomic E-state index is 13.5. The molecule has 0 aliphatic carbocycles. The van der Waals surface area contributed by atoms with Crippen molar-refractivity contribution in [1.29, 1.82) is 0 Å². The number of hydrogen-bond acceptors (Lipinski definition) is 5. The second-order valence-electron chi connectivity index (χ2n) is 7.08. The van der Waals surface area contributed by atoms with E-state index in [4.69, 9.17) is 21.1 Å². The average Bonchev–Trinajstić information content (AvgIpc) is 2.80. The number of hydrogen-bond donors (Lipinski definition) is 1. The van der Waals surface area contributed by atoms with Crippen LogP contribution in [-0.2, 0) is 21.4 Å². The van der Waals surface area contributed by atoms with Gasteiger partial charge < -0.3 is 14.8 Å². The fraction of sp³-hybridized carbons (Fsp3) is 0.174. The van der Waals surface area contributed by atoms with Crippen LogP contribution in [0.15, 0.2) is 77.7 Å². The molecule has 9 heteroatoms. The molecule has 0 aromatic heterocycles. The van der Waals surface area contributed by atoms with E-state index in [1.807, 2.05) is 6.07 Å². The van der Waals surface area contributed by atoms with Gasteiger partial charge in [0.25, 0.3) is 0 Å². The SMILES string of the molecule is O=C(CN(Cc1ccccc1Cl)S(=O)(=O)c1ccc2c(c1)OCCO2)Nc1ccccc1. The number of nitrogens with one attached hydrogen (secondary N) is 1. The van der Waals surface area contributed by atoms with Gasteiger partial charge in [0.1, 0.15) is 13.2 Å². The molecule has 4 rings (SSSR count). The van der Waals surface area contributed by atoms with Gasteiger partial charge in [-0.25, -0.2) is 8.42 Å². The molecule has 1 aliphatic rings. The van der Waals surface area contributed by atoms with E-state index in [9.17, 15) is 13.2 Å². The fourth-order valence-corrected chi connectivity index (χ4v) is 4.84. The summed E-state index contributed by atoms with van der Waals surface area (Å²) in [7, 11) is -4.06. The van der Waals surface area contributed by atoms with Crippen molar-refractivity contribution < 1.29 is 22.7 Å². The zero-order chi connectivity index (χ0) is 22.6. The van der Waals surface area contributed by atoms with Crippen molar-refractivity contribution in [2.24, 2.45) is 0 Å². The van der Waals surface area contributed by atoms with E-state index >= 15 is 0 Å². The van der Waals surface area contributed by atoms with Crippen LogP contribution in [0.2, 0.25) is 5.02 Å². The first-order valence-corrected chi connectivity index (χ1v) is 11.7. The molecule has 1 aliphatic heterocycles. The minimum Gasteiger partial charge on any atom is -0.486 e. The van der Waals surface area contributed by atoms with E-state index in [-0.39, 0.29) is 11.4 Å². The molecular formula is C23H21ClN2O5S. The van der Waals surface area contributed by atoms with Crippen molar-refractivity contribution in [3.8, 4) is 11.5 Å². The maximum Gasteiger partial charge on any atom is 0.243 e. The molecule has 32 heavy (non-hydrogen) atoms. The van der Waals surface area contributed by atoms with Gasteiger partial charge in [-0.1, -0.05) is 48.0 Å². The highest BCUT2D eigenvalue weighted by Gasteiger charge is 2.29. The van der Waals surface area contributed by atoms with Gasteiger partial charge in [0, 0.05) is 23.3 Å². The molecule has 3 aromatic rings. The van der Waals surface area contributed by atoms with Crippen LogP contribution in [0.4, 0.5) is 5.69 Å². The summed E-state index contributed by atoms with van der Waals surface area (Å²) in [4.78, 5) is 12.7. The number of sulfonamides is 1. The average molecular weight is 473 g/mol. The highest BCUT2D eigenvalue weighted by atomic mass is 35.5. The minimum absolute atomic E-state index is 0.00122. The Labute approximate surface area is 191 Å². The third-order valence-electron chi connectivity index (χ3n) is 4.83. The zero-order valence-corrected chi connectivity index (χ0v) is 18.6. The molecule has 3 aromatic carbocycles. The van der Waals surface area contributed by atoms with Crippen LogP contribution >= 0.6 is 11.6 Å². The number of benzene rings is 3. The van der Waals surface area contributed by atoms with E-state index in [1.54, 1.807) is 54.6 Å². The number of nitrogens with zero attached hydrogens (tertiary/aromatic N) is 1. The first kappa shape index (κ1) is 22.1. The van der Waals surface area contributed by atoms with Crippen LogP contribution in [0.5, 0.6) is 11.5 Å². The normalized spacial score (nSPS) is 13.1. The van der Waals surface area contributed by atoms with Crippen LogP contribution in [0.1, 0.15) is 5.56 Å². The summed E-state index contributed by atoms with van der Waals surface area (Å²) in [6.45, 7) is 0.270. The summed E-state index contributed by atoms with van der Waals surface area (Å²) in [5.41, 5.74) is 1.16.